The van der Waals surface area contributed by atoms with Gasteiger partial charge in [0.15, 0.2) is 12.2 Å². The van der Waals surface area contributed by atoms with Crippen LogP contribution < -0.4 is 0 Å². The van der Waals surface area contributed by atoms with Crippen molar-refractivity contribution in [1.82, 2.24) is 0 Å². The van der Waals surface area contributed by atoms with Gasteiger partial charge < -0.3 is 33.8 Å². The second kappa shape index (κ2) is 66.0. The maximum absolute atomic E-state index is 13.1. The number of rotatable bonds is 73. The summed E-state index contributed by atoms with van der Waals surface area (Å²) in [5.41, 5.74) is 0. The minimum atomic E-state index is -4.96. The molecule has 0 aromatic carbocycles. The van der Waals surface area contributed by atoms with Crippen LogP contribution in [0, 0.1) is 11.8 Å². The number of carbonyl (C=O) groups is 4. The molecule has 19 heteroatoms. The summed E-state index contributed by atoms with van der Waals surface area (Å²) in [6.45, 7) is 9.54. The summed E-state index contributed by atoms with van der Waals surface area (Å²) in [5.74, 6) is -0.621. The van der Waals surface area contributed by atoms with Crippen LogP contribution in [0.2, 0.25) is 0 Å². The summed E-state index contributed by atoms with van der Waals surface area (Å²) in [4.78, 5) is 72.7. The fourth-order valence-corrected chi connectivity index (χ4v) is 12.9. The fraction of sp³-hybridized carbons (Fsp3) is 0.946. The molecule has 17 nitrogen and oxygen atoms in total. The highest BCUT2D eigenvalue weighted by atomic mass is 31.2. The van der Waals surface area contributed by atoms with Crippen molar-refractivity contribution >= 4 is 39.5 Å². The third-order valence-electron chi connectivity index (χ3n) is 17.2. The lowest BCUT2D eigenvalue weighted by Crippen LogP contribution is -2.30. The third kappa shape index (κ3) is 68.4. The molecule has 3 N–H and O–H groups in total. The van der Waals surface area contributed by atoms with Gasteiger partial charge in [-0.3, -0.25) is 37.3 Å². The molecule has 0 saturated carbocycles. The van der Waals surface area contributed by atoms with E-state index >= 15 is 0 Å². The number of hydrogen-bond acceptors (Lipinski definition) is 15. The zero-order chi connectivity index (χ0) is 68.6. The highest BCUT2D eigenvalue weighted by Gasteiger charge is 2.30. The molecule has 0 aliphatic heterocycles. The molecule has 93 heavy (non-hydrogen) atoms. The summed E-state index contributed by atoms with van der Waals surface area (Å²) in [7, 11) is -9.90. The second-order valence-corrected chi connectivity index (χ2v) is 30.5. The number of hydrogen-bond donors (Lipinski definition) is 3. The van der Waals surface area contributed by atoms with Crippen molar-refractivity contribution in [3.8, 4) is 0 Å². The van der Waals surface area contributed by atoms with Gasteiger partial charge in [-0.25, -0.2) is 9.13 Å². The largest absolute Gasteiger partial charge is 0.472 e. The maximum atomic E-state index is 13.1. The first kappa shape index (κ1) is 91.1. The summed E-state index contributed by atoms with van der Waals surface area (Å²) in [6, 6.07) is 0. The number of phosphoric ester groups is 2. The topological polar surface area (TPSA) is 237 Å². The van der Waals surface area contributed by atoms with E-state index in [1.165, 1.54) is 199 Å². The number of aliphatic hydroxyl groups excluding tert-OH is 1. The molecule has 0 bridgehead atoms. The molecular weight excluding hydrogens is 1220 g/mol. The molecule has 0 rings (SSSR count). The molecule has 0 amide bonds. The van der Waals surface area contributed by atoms with Crippen molar-refractivity contribution in [3.05, 3.63) is 0 Å². The molecule has 0 radical (unpaired) electrons. The van der Waals surface area contributed by atoms with Crippen LogP contribution in [-0.4, -0.2) is 96.7 Å². The van der Waals surface area contributed by atoms with Gasteiger partial charge in [0, 0.05) is 25.7 Å². The van der Waals surface area contributed by atoms with Crippen LogP contribution in [0.15, 0.2) is 0 Å². The summed E-state index contributed by atoms with van der Waals surface area (Å²) < 4.78 is 68.4. The molecule has 0 aromatic heterocycles. The monoisotopic (exact) mass is 1370 g/mol. The van der Waals surface area contributed by atoms with Crippen molar-refractivity contribution in [3.63, 3.8) is 0 Å². The lowest BCUT2D eigenvalue weighted by Gasteiger charge is -2.21. The molecule has 0 fully saturated rings. The molecule has 0 aliphatic carbocycles. The Morgan fingerprint density at radius 1 is 0.290 bits per heavy atom. The van der Waals surface area contributed by atoms with Crippen LogP contribution in [-0.2, 0) is 65.4 Å². The standard InChI is InChI=1S/C74H144O17P2/c1-7-9-11-13-15-17-19-20-22-26-29-33-39-45-51-57-72(77)85-62-69(90-73(78)58-52-46-40-34-30-27-24-21-23-25-28-31-36-42-48-54-66(3)4)64-88-92(80,81)86-60-68(75)61-87-93(82,83)89-65-70(91-74(79)59-53-47-41-35-37-43-49-55-67(5)6)63-84-71(76)56-50-44-38-32-18-16-14-12-10-8-2/h66-70,75H,7-65H2,1-6H3,(H,80,81)(H,82,83)/t68-,69-,70-/m1/s1. The van der Waals surface area contributed by atoms with Gasteiger partial charge in [0.2, 0.25) is 0 Å². The zero-order valence-electron chi connectivity index (χ0n) is 60.6. The molecule has 0 spiro atoms. The van der Waals surface area contributed by atoms with Crippen LogP contribution in [0.5, 0.6) is 0 Å². The normalized spacial score (nSPS) is 14.1. The van der Waals surface area contributed by atoms with Gasteiger partial charge in [-0.05, 0) is 37.5 Å². The van der Waals surface area contributed by atoms with Crippen molar-refractivity contribution in [2.24, 2.45) is 11.8 Å². The zero-order valence-corrected chi connectivity index (χ0v) is 62.3. The molecule has 5 atom stereocenters. The Morgan fingerprint density at radius 2 is 0.495 bits per heavy atom. The number of phosphoric acid groups is 2. The summed E-state index contributed by atoms with van der Waals surface area (Å²) >= 11 is 0. The summed E-state index contributed by atoms with van der Waals surface area (Å²) in [5, 5.41) is 10.6. The van der Waals surface area contributed by atoms with E-state index < -0.39 is 97.5 Å². The SMILES string of the molecule is CCCCCCCCCCCCCCCCCC(=O)OC[C@H](COP(=O)(O)OC[C@@H](O)COP(=O)(O)OC[C@@H](COC(=O)CCCCCCCCCCCC)OC(=O)CCCCCCCCCC(C)C)OC(=O)CCCCCCCCCCCCCCCCCC(C)C. The van der Waals surface area contributed by atoms with E-state index in [1.54, 1.807) is 0 Å². The second-order valence-electron chi connectivity index (χ2n) is 27.6. The maximum Gasteiger partial charge on any atom is 0.472 e. The van der Waals surface area contributed by atoms with E-state index in [-0.39, 0.29) is 25.7 Å². The smallest absolute Gasteiger partial charge is 0.462 e. The first-order chi connectivity index (χ1) is 44.9. The number of unbranched alkanes of at least 4 members (excludes halogenated alkanes) is 43. The van der Waals surface area contributed by atoms with Crippen LogP contribution in [0.4, 0.5) is 0 Å². The average Bonchev–Trinajstić information content (AvgIpc) is 1.85. The van der Waals surface area contributed by atoms with Gasteiger partial charge in [0.1, 0.15) is 19.3 Å². The molecule has 2 unspecified atom stereocenters. The molecule has 0 saturated heterocycles. The Balaban J connectivity index is 5.22. The lowest BCUT2D eigenvalue weighted by atomic mass is 10.0. The van der Waals surface area contributed by atoms with Crippen LogP contribution in [0.3, 0.4) is 0 Å². The van der Waals surface area contributed by atoms with Crippen LogP contribution in [0.25, 0.3) is 0 Å². The van der Waals surface area contributed by atoms with Crippen molar-refractivity contribution in [2.75, 3.05) is 39.6 Å². The molecule has 552 valence electrons. The third-order valence-corrected chi connectivity index (χ3v) is 19.1. The van der Waals surface area contributed by atoms with E-state index in [4.69, 9.17) is 37.0 Å². The number of esters is 4. The van der Waals surface area contributed by atoms with Gasteiger partial charge in [-0.2, -0.15) is 0 Å². The quantitative estimate of drug-likeness (QED) is 0.0222. The van der Waals surface area contributed by atoms with Crippen LogP contribution >= 0.6 is 15.6 Å². The van der Waals surface area contributed by atoms with Crippen molar-refractivity contribution in [1.29, 1.82) is 0 Å². The Kier molecular flexibility index (Phi) is 64.6. The summed E-state index contributed by atoms with van der Waals surface area (Å²) in [6.07, 6.45) is 52.8. The number of aliphatic hydroxyl groups is 1. The van der Waals surface area contributed by atoms with E-state index in [2.05, 4.69) is 41.5 Å². The number of carbonyl (C=O) groups excluding carboxylic acids is 4. The van der Waals surface area contributed by atoms with E-state index in [9.17, 15) is 43.2 Å². The highest BCUT2D eigenvalue weighted by Crippen LogP contribution is 2.45. The first-order valence-corrected chi connectivity index (χ1v) is 41.5. The highest BCUT2D eigenvalue weighted by molar-refractivity contribution is 7.47. The predicted molar refractivity (Wildman–Crippen MR) is 377 cm³/mol. The molecular formula is C74H144O17P2. The van der Waals surface area contributed by atoms with Crippen molar-refractivity contribution in [2.45, 2.75) is 400 Å². The molecule has 0 aromatic rings. The Hall–Kier alpha value is -1.94. The van der Waals surface area contributed by atoms with E-state index in [0.29, 0.717) is 31.6 Å². The van der Waals surface area contributed by atoms with Gasteiger partial charge in [-0.1, -0.05) is 330 Å². The molecule has 0 heterocycles. The minimum Gasteiger partial charge on any atom is -0.462 e. The fourth-order valence-electron chi connectivity index (χ4n) is 11.3. The Labute approximate surface area is 568 Å². The Morgan fingerprint density at radius 3 is 0.731 bits per heavy atom. The minimum absolute atomic E-state index is 0.104. The van der Waals surface area contributed by atoms with Gasteiger partial charge >= 0.3 is 39.5 Å². The first-order valence-electron chi connectivity index (χ1n) is 38.5. The molecule has 0 aliphatic rings. The lowest BCUT2D eigenvalue weighted by molar-refractivity contribution is -0.161. The van der Waals surface area contributed by atoms with Crippen LogP contribution in [0.1, 0.15) is 382 Å². The van der Waals surface area contributed by atoms with E-state index in [0.717, 1.165) is 95.8 Å². The van der Waals surface area contributed by atoms with E-state index in [1.807, 2.05) is 0 Å². The van der Waals surface area contributed by atoms with Crippen molar-refractivity contribution < 1.29 is 80.2 Å². The van der Waals surface area contributed by atoms with Gasteiger partial charge in [0.25, 0.3) is 0 Å². The predicted octanol–water partition coefficient (Wildman–Crippen LogP) is 21.6. The number of ether oxygens (including phenoxy) is 4. The average molecular weight is 1370 g/mol. The Bertz CT molecular complexity index is 1800. The van der Waals surface area contributed by atoms with Gasteiger partial charge in [0.05, 0.1) is 26.4 Å². The van der Waals surface area contributed by atoms with Gasteiger partial charge in [-0.15, -0.1) is 0 Å².